The molecule has 0 saturated heterocycles. The van der Waals surface area contributed by atoms with E-state index >= 15 is 0 Å². The molecular formula is C14H18O. The van der Waals surface area contributed by atoms with Crippen molar-refractivity contribution in [1.29, 1.82) is 0 Å². The van der Waals surface area contributed by atoms with Crippen molar-refractivity contribution in [2.45, 2.75) is 27.2 Å². The third-order valence-corrected chi connectivity index (χ3v) is 2.17. The van der Waals surface area contributed by atoms with Crippen LogP contribution in [-0.4, -0.2) is 5.78 Å². The molecule has 0 spiro atoms. The van der Waals surface area contributed by atoms with Gasteiger partial charge in [0, 0.05) is 5.56 Å². The molecule has 0 radical (unpaired) electrons. The molecule has 0 amide bonds. The van der Waals surface area contributed by atoms with Crippen molar-refractivity contribution in [3.63, 3.8) is 0 Å². The molecule has 0 saturated carbocycles. The number of ketones is 1. The number of hydrogen-bond acceptors (Lipinski definition) is 1. The molecule has 1 aromatic carbocycles. The van der Waals surface area contributed by atoms with Crippen LogP contribution in [0, 0.1) is 5.92 Å². The number of carbonyl (C=O) groups excluding carboxylic acids is 1. The molecule has 0 aliphatic carbocycles. The summed E-state index contributed by atoms with van der Waals surface area (Å²) in [5.74, 6) is 0.707. The summed E-state index contributed by atoms with van der Waals surface area (Å²) in [5, 5.41) is 0. The first-order valence-corrected chi connectivity index (χ1v) is 5.36. The van der Waals surface area contributed by atoms with Gasteiger partial charge in [-0.05, 0) is 25.3 Å². The van der Waals surface area contributed by atoms with Gasteiger partial charge in [0.15, 0.2) is 5.78 Å². The number of allylic oxidation sites excluding steroid dienone is 2. The van der Waals surface area contributed by atoms with E-state index in [1.54, 1.807) is 6.08 Å². The first-order chi connectivity index (χ1) is 7.09. The zero-order valence-electron chi connectivity index (χ0n) is 9.66. The van der Waals surface area contributed by atoms with Gasteiger partial charge in [-0.1, -0.05) is 49.8 Å². The lowest BCUT2D eigenvalue weighted by atomic mass is 10.0. The van der Waals surface area contributed by atoms with Gasteiger partial charge in [0.2, 0.25) is 0 Å². The molecule has 0 aliphatic rings. The Morgan fingerprint density at radius 2 is 1.87 bits per heavy atom. The lowest BCUT2D eigenvalue weighted by Gasteiger charge is -2.04. The van der Waals surface area contributed by atoms with Gasteiger partial charge in [-0.3, -0.25) is 4.79 Å². The molecule has 0 aromatic heterocycles. The number of hydrogen-bond donors (Lipinski definition) is 0. The number of benzene rings is 1. The van der Waals surface area contributed by atoms with E-state index in [4.69, 9.17) is 0 Å². The Morgan fingerprint density at radius 3 is 2.40 bits per heavy atom. The smallest absolute Gasteiger partial charge is 0.185 e. The van der Waals surface area contributed by atoms with E-state index in [9.17, 15) is 4.79 Å². The van der Waals surface area contributed by atoms with E-state index in [2.05, 4.69) is 13.8 Å². The molecule has 1 aromatic rings. The molecule has 0 unspecified atom stereocenters. The van der Waals surface area contributed by atoms with Gasteiger partial charge in [-0.25, -0.2) is 0 Å². The average Bonchev–Trinajstić information content (AvgIpc) is 2.17. The van der Waals surface area contributed by atoms with Crippen molar-refractivity contribution in [3.8, 4) is 0 Å². The van der Waals surface area contributed by atoms with Gasteiger partial charge in [-0.15, -0.1) is 0 Å². The summed E-state index contributed by atoms with van der Waals surface area (Å²) in [4.78, 5) is 11.8. The summed E-state index contributed by atoms with van der Waals surface area (Å²) in [7, 11) is 0. The summed E-state index contributed by atoms with van der Waals surface area (Å²) < 4.78 is 0. The van der Waals surface area contributed by atoms with Crippen molar-refractivity contribution in [1.82, 2.24) is 0 Å². The predicted octanol–water partition coefficient (Wildman–Crippen LogP) is 3.86. The van der Waals surface area contributed by atoms with Gasteiger partial charge in [0.25, 0.3) is 0 Å². The molecule has 0 heterocycles. The Bertz CT molecular complexity index is 347. The van der Waals surface area contributed by atoms with Crippen LogP contribution >= 0.6 is 0 Å². The zero-order valence-corrected chi connectivity index (χ0v) is 9.66. The quantitative estimate of drug-likeness (QED) is 0.535. The molecule has 1 nitrogen and oxygen atoms in total. The molecule has 80 valence electrons. The zero-order chi connectivity index (χ0) is 11.3. The van der Waals surface area contributed by atoms with Crippen molar-refractivity contribution < 1.29 is 4.79 Å². The highest BCUT2D eigenvalue weighted by Gasteiger charge is 2.02. The second-order valence-electron chi connectivity index (χ2n) is 4.32. The molecule has 0 aliphatic heterocycles. The Morgan fingerprint density at radius 1 is 1.27 bits per heavy atom. The van der Waals surface area contributed by atoms with Gasteiger partial charge >= 0.3 is 0 Å². The van der Waals surface area contributed by atoms with Crippen LogP contribution in [0.4, 0.5) is 0 Å². The number of carbonyl (C=O) groups is 1. The molecule has 1 rings (SSSR count). The molecule has 0 atom stereocenters. The Kier molecular flexibility index (Phi) is 4.29. The molecule has 1 heteroatoms. The highest BCUT2D eigenvalue weighted by Crippen LogP contribution is 2.11. The van der Waals surface area contributed by atoms with Gasteiger partial charge < -0.3 is 0 Å². The fourth-order valence-corrected chi connectivity index (χ4v) is 1.61. The van der Waals surface area contributed by atoms with Crippen LogP contribution in [0.15, 0.2) is 42.0 Å². The van der Waals surface area contributed by atoms with Crippen LogP contribution in [0.1, 0.15) is 37.6 Å². The Labute approximate surface area is 91.8 Å². The Hall–Kier alpha value is -1.37. The SMILES string of the molecule is C/C(=C\C(=O)c1ccccc1)CC(C)C. The molecule has 0 fully saturated rings. The van der Waals surface area contributed by atoms with Crippen molar-refractivity contribution >= 4 is 5.78 Å². The first-order valence-electron chi connectivity index (χ1n) is 5.36. The van der Waals surface area contributed by atoms with E-state index in [1.165, 1.54) is 0 Å². The van der Waals surface area contributed by atoms with Gasteiger partial charge in [0.1, 0.15) is 0 Å². The minimum Gasteiger partial charge on any atom is -0.289 e. The van der Waals surface area contributed by atoms with E-state index < -0.39 is 0 Å². The maximum atomic E-state index is 11.8. The second-order valence-corrected chi connectivity index (χ2v) is 4.32. The fraction of sp³-hybridized carbons (Fsp3) is 0.357. The van der Waals surface area contributed by atoms with E-state index in [-0.39, 0.29) is 5.78 Å². The standard InChI is InChI=1S/C14H18O/c1-11(2)9-12(3)10-14(15)13-7-5-4-6-8-13/h4-8,10-11H,9H2,1-3H3/b12-10+. The van der Waals surface area contributed by atoms with Crippen molar-refractivity contribution in [2.75, 3.05) is 0 Å². The predicted molar refractivity (Wildman–Crippen MR) is 64.0 cm³/mol. The molecule has 15 heavy (non-hydrogen) atoms. The van der Waals surface area contributed by atoms with Gasteiger partial charge in [0.05, 0.1) is 0 Å². The summed E-state index contributed by atoms with van der Waals surface area (Å²) in [6, 6.07) is 9.39. The average molecular weight is 202 g/mol. The van der Waals surface area contributed by atoms with Crippen LogP contribution in [0.3, 0.4) is 0 Å². The second kappa shape index (κ2) is 5.50. The monoisotopic (exact) mass is 202 g/mol. The first kappa shape index (κ1) is 11.7. The van der Waals surface area contributed by atoms with Crippen LogP contribution in [0.25, 0.3) is 0 Å². The molecular weight excluding hydrogens is 184 g/mol. The third kappa shape index (κ3) is 4.11. The summed E-state index contributed by atoms with van der Waals surface area (Å²) in [6.07, 6.45) is 2.73. The lowest BCUT2D eigenvalue weighted by molar-refractivity contribution is 0.104. The van der Waals surface area contributed by atoms with Crippen LogP contribution in [-0.2, 0) is 0 Å². The van der Waals surface area contributed by atoms with E-state index in [1.807, 2.05) is 37.3 Å². The molecule has 0 bridgehead atoms. The lowest BCUT2D eigenvalue weighted by Crippen LogP contribution is -1.96. The van der Waals surface area contributed by atoms with Crippen molar-refractivity contribution in [2.24, 2.45) is 5.92 Å². The third-order valence-electron chi connectivity index (χ3n) is 2.17. The van der Waals surface area contributed by atoms with Crippen molar-refractivity contribution in [3.05, 3.63) is 47.5 Å². The maximum Gasteiger partial charge on any atom is 0.185 e. The van der Waals surface area contributed by atoms with E-state index in [0.717, 1.165) is 17.6 Å². The van der Waals surface area contributed by atoms with Crippen LogP contribution in [0.2, 0.25) is 0 Å². The van der Waals surface area contributed by atoms with Gasteiger partial charge in [-0.2, -0.15) is 0 Å². The number of rotatable bonds is 4. The summed E-state index contributed by atoms with van der Waals surface area (Å²) in [5.41, 5.74) is 1.92. The minimum atomic E-state index is 0.105. The maximum absolute atomic E-state index is 11.8. The molecule has 0 N–H and O–H groups in total. The fourth-order valence-electron chi connectivity index (χ4n) is 1.61. The minimum absolute atomic E-state index is 0.105. The van der Waals surface area contributed by atoms with Crippen LogP contribution < -0.4 is 0 Å². The summed E-state index contributed by atoms with van der Waals surface area (Å²) in [6.45, 7) is 6.33. The van der Waals surface area contributed by atoms with Crippen LogP contribution in [0.5, 0.6) is 0 Å². The largest absolute Gasteiger partial charge is 0.289 e. The topological polar surface area (TPSA) is 17.1 Å². The highest BCUT2D eigenvalue weighted by molar-refractivity contribution is 6.04. The van der Waals surface area contributed by atoms with E-state index in [0.29, 0.717) is 5.92 Å². The summed E-state index contributed by atoms with van der Waals surface area (Å²) >= 11 is 0. The normalized spacial score (nSPS) is 11.9. The Balaban J connectivity index is 2.71. The highest BCUT2D eigenvalue weighted by atomic mass is 16.1.